The van der Waals surface area contributed by atoms with Crippen LogP contribution in [-0.4, -0.2) is 47.0 Å². The van der Waals surface area contributed by atoms with Crippen molar-refractivity contribution in [2.75, 3.05) is 31.1 Å². The molecule has 4 aromatic rings. The van der Waals surface area contributed by atoms with Gasteiger partial charge in [-0.05, 0) is 12.1 Å². The topological polar surface area (TPSA) is 79.5 Å². The molecule has 3 heterocycles. The first-order valence-corrected chi connectivity index (χ1v) is 10.1. The third kappa shape index (κ3) is 3.77. The highest BCUT2D eigenvalue weighted by Gasteiger charge is 2.25. The van der Waals surface area contributed by atoms with E-state index in [1.54, 1.807) is 29.4 Å². The van der Waals surface area contributed by atoms with Crippen LogP contribution < -0.4 is 10.5 Å². The minimum absolute atomic E-state index is 0.0700. The van der Waals surface area contributed by atoms with Crippen molar-refractivity contribution in [1.29, 1.82) is 0 Å². The van der Waals surface area contributed by atoms with Crippen LogP contribution in [0.4, 0.5) is 5.82 Å². The zero-order chi connectivity index (χ0) is 21.2. The third-order valence-electron chi connectivity index (χ3n) is 5.48. The van der Waals surface area contributed by atoms with E-state index >= 15 is 0 Å². The van der Waals surface area contributed by atoms with Gasteiger partial charge in [-0.25, -0.2) is 14.8 Å². The van der Waals surface area contributed by atoms with Crippen molar-refractivity contribution in [2.24, 2.45) is 0 Å². The molecule has 5 rings (SSSR count). The predicted molar refractivity (Wildman–Crippen MR) is 118 cm³/mol. The largest absolute Gasteiger partial charge is 0.422 e. The van der Waals surface area contributed by atoms with Gasteiger partial charge in [-0.2, -0.15) is 0 Å². The fourth-order valence-corrected chi connectivity index (χ4v) is 3.81. The second kappa shape index (κ2) is 8.02. The SMILES string of the molecule is O=C(c1cc2ccccc2oc1=O)N1CCN(c2cc(-c3ccccc3)ncn2)CC1. The molecule has 1 amide bonds. The van der Waals surface area contributed by atoms with E-state index in [-0.39, 0.29) is 11.5 Å². The summed E-state index contributed by atoms with van der Waals surface area (Å²) >= 11 is 0. The van der Waals surface area contributed by atoms with Crippen LogP contribution in [0.25, 0.3) is 22.2 Å². The summed E-state index contributed by atoms with van der Waals surface area (Å²) in [7, 11) is 0. The van der Waals surface area contributed by atoms with Crippen LogP contribution in [0.15, 0.2) is 82.3 Å². The number of carbonyl (C=O) groups excluding carboxylic acids is 1. The van der Waals surface area contributed by atoms with Gasteiger partial charge in [0.25, 0.3) is 5.91 Å². The monoisotopic (exact) mass is 412 g/mol. The first-order chi connectivity index (χ1) is 15.2. The van der Waals surface area contributed by atoms with Gasteiger partial charge in [-0.1, -0.05) is 48.5 Å². The number of anilines is 1. The van der Waals surface area contributed by atoms with Gasteiger partial charge in [-0.3, -0.25) is 4.79 Å². The molecule has 1 fully saturated rings. The molecule has 2 aromatic carbocycles. The average molecular weight is 412 g/mol. The fourth-order valence-electron chi connectivity index (χ4n) is 3.81. The molecule has 0 bridgehead atoms. The van der Waals surface area contributed by atoms with E-state index in [4.69, 9.17) is 4.42 Å². The lowest BCUT2D eigenvalue weighted by atomic mass is 10.1. The molecule has 7 heteroatoms. The van der Waals surface area contributed by atoms with Crippen molar-refractivity contribution < 1.29 is 9.21 Å². The summed E-state index contributed by atoms with van der Waals surface area (Å²) in [6.07, 6.45) is 1.56. The molecule has 0 unspecified atom stereocenters. The fraction of sp³-hybridized carbons (Fsp3) is 0.167. The first-order valence-electron chi connectivity index (χ1n) is 10.1. The molecule has 1 aliphatic heterocycles. The maximum absolute atomic E-state index is 13.0. The number of nitrogens with zero attached hydrogens (tertiary/aromatic N) is 4. The van der Waals surface area contributed by atoms with E-state index < -0.39 is 5.63 Å². The molecule has 0 saturated carbocycles. The number of carbonyl (C=O) groups is 1. The summed E-state index contributed by atoms with van der Waals surface area (Å²) in [4.78, 5) is 37.9. The van der Waals surface area contributed by atoms with Crippen molar-refractivity contribution in [3.05, 3.63) is 89.0 Å². The van der Waals surface area contributed by atoms with Crippen molar-refractivity contribution in [3.8, 4) is 11.3 Å². The molecule has 1 saturated heterocycles. The Hall–Kier alpha value is -4.00. The molecule has 0 N–H and O–H groups in total. The molecule has 154 valence electrons. The normalized spacial score (nSPS) is 14.1. The number of aromatic nitrogens is 2. The molecular weight excluding hydrogens is 392 g/mol. The zero-order valence-electron chi connectivity index (χ0n) is 16.8. The molecule has 31 heavy (non-hydrogen) atoms. The third-order valence-corrected chi connectivity index (χ3v) is 5.48. The quantitative estimate of drug-likeness (QED) is 0.481. The number of benzene rings is 2. The van der Waals surface area contributed by atoms with Crippen molar-refractivity contribution >= 4 is 22.7 Å². The Morgan fingerprint density at radius 1 is 0.871 bits per heavy atom. The number of para-hydroxylation sites is 1. The molecular formula is C24H20N4O3. The van der Waals surface area contributed by atoms with Crippen molar-refractivity contribution in [3.63, 3.8) is 0 Å². The highest BCUT2D eigenvalue weighted by molar-refractivity contribution is 5.96. The second-order valence-electron chi connectivity index (χ2n) is 7.39. The first kappa shape index (κ1) is 19.0. The Bertz CT molecular complexity index is 1290. The Labute approximate surface area is 178 Å². The average Bonchev–Trinajstić information content (AvgIpc) is 2.84. The van der Waals surface area contributed by atoms with E-state index in [0.717, 1.165) is 22.5 Å². The van der Waals surface area contributed by atoms with E-state index in [2.05, 4.69) is 14.9 Å². The molecule has 0 aliphatic carbocycles. The van der Waals surface area contributed by atoms with Gasteiger partial charge in [0.05, 0.1) is 5.69 Å². The van der Waals surface area contributed by atoms with Crippen LogP contribution in [0.5, 0.6) is 0 Å². The Balaban J connectivity index is 1.31. The van der Waals surface area contributed by atoms with Crippen LogP contribution >= 0.6 is 0 Å². The van der Waals surface area contributed by atoms with Crippen molar-refractivity contribution in [1.82, 2.24) is 14.9 Å². The molecule has 0 spiro atoms. The van der Waals surface area contributed by atoms with E-state index in [1.807, 2.05) is 48.5 Å². The van der Waals surface area contributed by atoms with E-state index in [9.17, 15) is 9.59 Å². The van der Waals surface area contributed by atoms with Crippen LogP contribution in [0.2, 0.25) is 0 Å². The number of piperazine rings is 1. The summed E-state index contributed by atoms with van der Waals surface area (Å²) in [5.41, 5.74) is 1.84. The van der Waals surface area contributed by atoms with Crippen LogP contribution in [0, 0.1) is 0 Å². The molecule has 0 atom stereocenters. The summed E-state index contributed by atoms with van der Waals surface area (Å²) in [6, 6.07) is 20.7. The van der Waals surface area contributed by atoms with Gasteiger partial charge in [0.2, 0.25) is 0 Å². The minimum Gasteiger partial charge on any atom is -0.422 e. The smallest absolute Gasteiger partial charge is 0.349 e. The maximum Gasteiger partial charge on any atom is 0.349 e. The van der Waals surface area contributed by atoms with Gasteiger partial charge >= 0.3 is 5.63 Å². The van der Waals surface area contributed by atoms with Gasteiger partial charge in [0.15, 0.2) is 0 Å². The minimum atomic E-state index is -0.602. The molecule has 2 aromatic heterocycles. The molecule has 0 radical (unpaired) electrons. The highest BCUT2D eigenvalue weighted by Crippen LogP contribution is 2.22. The number of hydrogen-bond acceptors (Lipinski definition) is 6. The van der Waals surface area contributed by atoms with Gasteiger partial charge in [0.1, 0.15) is 23.3 Å². The van der Waals surface area contributed by atoms with E-state index in [1.165, 1.54) is 0 Å². The van der Waals surface area contributed by atoms with Crippen LogP contribution in [0.3, 0.4) is 0 Å². The number of rotatable bonds is 3. The molecule has 7 nitrogen and oxygen atoms in total. The van der Waals surface area contributed by atoms with Crippen LogP contribution in [0.1, 0.15) is 10.4 Å². The predicted octanol–water partition coefficient (Wildman–Crippen LogP) is 3.21. The number of fused-ring (bicyclic) bond motifs is 1. The van der Waals surface area contributed by atoms with Crippen LogP contribution in [-0.2, 0) is 0 Å². The zero-order valence-corrected chi connectivity index (χ0v) is 16.8. The lowest BCUT2D eigenvalue weighted by molar-refractivity contribution is 0.0742. The summed E-state index contributed by atoms with van der Waals surface area (Å²) < 4.78 is 5.32. The standard InChI is InChI=1S/C24H20N4O3/c29-23(19-14-18-8-4-5-9-21(18)31-24(19)30)28-12-10-27(11-13-28)22-15-20(25-16-26-22)17-6-2-1-3-7-17/h1-9,14-16H,10-13H2. The number of hydrogen-bond donors (Lipinski definition) is 0. The summed E-state index contributed by atoms with van der Waals surface area (Å²) in [5.74, 6) is 0.526. The highest BCUT2D eigenvalue weighted by atomic mass is 16.4. The lowest BCUT2D eigenvalue weighted by Crippen LogP contribution is -2.49. The summed E-state index contributed by atoms with van der Waals surface area (Å²) in [5, 5.41) is 0.735. The lowest BCUT2D eigenvalue weighted by Gasteiger charge is -2.35. The Morgan fingerprint density at radius 3 is 2.42 bits per heavy atom. The number of amides is 1. The maximum atomic E-state index is 13.0. The molecule has 1 aliphatic rings. The second-order valence-corrected chi connectivity index (χ2v) is 7.39. The van der Waals surface area contributed by atoms with Gasteiger partial charge in [-0.15, -0.1) is 0 Å². The van der Waals surface area contributed by atoms with E-state index in [0.29, 0.717) is 31.8 Å². The van der Waals surface area contributed by atoms with Crippen molar-refractivity contribution in [2.45, 2.75) is 0 Å². The van der Waals surface area contributed by atoms with Gasteiger partial charge < -0.3 is 14.2 Å². The summed E-state index contributed by atoms with van der Waals surface area (Å²) in [6.45, 7) is 2.23. The Kier molecular flexibility index (Phi) is 4.92. The Morgan fingerprint density at radius 2 is 1.61 bits per heavy atom. The van der Waals surface area contributed by atoms with Gasteiger partial charge in [0, 0.05) is 43.2 Å².